The maximum Gasteiger partial charge on any atom is 0.0802 e. The molecule has 0 aromatic heterocycles. The van der Waals surface area contributed by atoms with Gasteiger partial charge < -0.3 is 10.1 Å². The minimum absolute atomic E-state index is 0.116. The summed E-state index contributed by atoms with van der Waals surface area (Å²) in [6, 6.07) is 8.95. The highest BCUT2D eigenvalue weighted by Crippen LogP contribution is 2.34. The maximum atomic E-state index is 5.61. The molecular weight excluding hydrogens is 234 g/mol. The van der Waals surface area contributed by atoms with Crippen molar-refractivity contribution in [2.45, 2.75) is 57.6 Å². The Kier molecular flexibility index (Phi) is 4.32. The van der Waals surface area contributed by atoms with Crippen LogP contribution in [0.3, 0.4) is 0 Å². The van der Waals surface area contributed by atoms with Gasteiger partial charge in [-0.15, -0.1) is 0 Å². The molecule has 0 aliphatic heterocycles. The second-order valence-corrected chi connectivity index (χ2v) is 6.79. The van der Waals surface area contributed by atoms with Gasteiger partial charge in [-0.25, -0.2) is 0 Å². The van der Waals surface area contributed by atoms with Crippen molar-refractivity contribution in [3.8, 4) is 0 Å². The number of rotatable bonds is 5. The molecule has 0 radical (unpaired) electrons. The summed E-state index contributed by atoms with van der Waals surface area (Å²) in [5.74, 6) is 0. The van der Waals surface area contributed by atoms with Crippen LogP contribution in [0, 0.1) is 0 Å². The summed E-state index contributed by atoms with van der Waals surface area (Å²) in [6.45, 7) is 8.64. The Morgan fingerprint density at radius 3 is 2.21 bits per heavy atom. The number of hydrogen-bond acceptors (Lipinski definition) is 2. The lowest BCUT2D eigenvalue weighted by atomic mass is 9.80. The van der Waals surface area contributed by atoms with E-state index < -0.39 is 0 Å². The predicted octanol–water partition coefficient (Wildman–Crippen LogP) is 3.64. The summed E-state index contributed by atoms with van der Waals surface area (Å²) in [6.07, 6.45) is 3.69. The Labute approximate surface area is 117 Å². The van der Waals surface area contributed by atoms with Crippen LogP contribution in [0.15, 0.2) is 24.3 Å². The molecule has 0 spiro atoms. The SMILES string of the molecule is COC1(CNCc2ccc(C(C)(C)C)cc2)CCC1. The summed E-state index contributed by atoms with van der Waals surface area (Å²) in [7, 11) is 1.83. The third-order valence-electron chi connectivity index (χ3n) is 4.29. The number of ether oxygens (including phenoxy) is 1. The normalized spacial score (nSPS) is 18.1. The molecule has 1 aliphatic carbocycles. The van der Waals surface area contributed by atoms with Gasteiger partial charge >= 0.3 is 0 Å². The van der Waals surface area contributed by atoms with E-state index in [9.17, 15) is 0 Å². The van der Waals surface area contributed by atoms with Crippen LogP contribution in [-0.4, -0.2) is 19.3 Å². The van der Waals surface area contributed by atoms with Gasteiger partial charge in [0.25, 0.3) is 0 Å². The van der Waals surface area contributed by atoms with Crippen molar-refractivity contribution in [1.82, 2.24) is 5.32 Å². The van der Waals surface area contributed by atoms with Crippen molar-refractivity contribution in [3.63, 3.8) is 0 Å². The first-order chi connectivity index (χ1) is 8.95. The molecule has 2 nitrogen and oxygen atoms in total. The Morgan fingerprint density at radius 1 is 1.16 bits per heavy atom. The van der Waals surface area contributed by atoms with Gasteiger partial charge in [0.15, 0.2) is 0 Å². The minimum Gasteiger partial charge on any atom is -0.377 e. The molecule has 0 unspecified atom stereocenters. The molecule has 1 aromatic rings. The molecule has 106 valence electrons. The number of benzene rings is 1. The molecule has 0 atom stereocenters. The van der Waals surface area contributed by atoms with Crippen molar-refractivity contribution < 1.29 is 4.74 Å². The molecule has 0 saturated heterocycles. The van der Waals surface area contributed by atoms with Gasteiger partial charge in [0.05, 0.1) is 5.60 Å². The van der Waals surface area contributed by atoms with Gasteiger partial charge in [0, 0.05) is 20.2 Å². The van der Waals surface area contributed by atoms with E-state index in [-0.39, 0.29) is 11.0 Å². The monoisotopic (exact) mass is 261 g/mol. The van der Waals surface area contributed by atoms with Gasteiger partial charge in [-0.2, -0.15) is 0 Å². The Morgan fingerprint density at radius 2 is 1.79 bits per heavy atom. The fraction of sp³-hybridized carbons (Fsp3) is 0.647. The van der Waals surface area contributed by atoms with E-state index in [1.807, 2.05) is 7.11 Å². The lowest BCUT2D eigenvalue weighted by Crippen LogP contribution is -2.47. The largest absolute Gasteiger partial charge is 0.377 e. The first-order valence-electron chi connectivity index (χ1n) is 7.31. The second kappa shape index (κ2) is 5.64. The lowest BCUT2D eigenvalue weighted by molar-refractivity contribution is -0.0695. The molecule has 2 rings (SSSR count). The summed E-state index contributed by atoms with van der Waals surface area (Å²) in [4.78, 5) is 0. The third kappa shape index (κ3) is 3.58. The van der Waals surface area contributed by atoms with E-state index in [1.165, 1.54) is 30.4 Å². The van der Waals surface area contributed by atoms with E-state index in [2.05, 4.69) is 50.4 Å². The molecular formula is C17H27NO. The summed E-state index contributed by atoms with van der Waals surface area (Å²) in [5, 5.41) is 3.53. The molecule has 0 amide bonds. The average molecular weight is 261 g/mol. The van der Waals surface area contributed by atoms with Crippen molar-refractivity contribution in [2.75, 3.05) is 13.7 Å². The highest BCUT2D eigenvalue weighted by molar-refractivity contribution is 5.27. The van der Waals surface area contributed by atoms with Gasteiger partial charge in [0.1, 0.15) is 0 Å². The molecule has 0 bridgehead atoms. The molecule has 19 heavy (non-hydrogen) atoms. The van der Waals surface area contributed by atoms with Crippen molar-refractivity contribution in [1.29, 1.82) is 0 Å². The van der Waals surface area contributed by atoms with Gasteiger partial charge in [0.2, 0.25) is 0 Å². The van der Waals surface area contributed by atoms with E-state index in [1.54, 1.807) is 0 Å². The molecule has 1 aromatic carbocycles. The average Bonchev–Trinajstić information content (AvgIpc) is 2.32. The van der Waals surface area contributed by atoms with Crippen LogP contribution in [-0.2, 0) is 16.7 Å². The topological polar surface area (TPSA) is 21.3 Å². The third-order valence-corrected chi connectivity index (χ3v) is 4.29. The standard InChI is InChI=1S/C17H27NO/c1-16(2,3)15-8-6-14(7-9-15)12-18-13-17(19-4)10-5-11-17/h6-9,18H,5,10-13H2,1-4H3. The van der Waals surface area contributed by atoms with E-state index in [0.717, 1.165) is 13.1 Å². The van der Waals surface area contributed by atoms with Crippen molar-refractivity contribution in [2.24, 2.45) is 0 Å². The van der Waals surface area contributed by atoms with Crippen LogP contribution >= 0.6 is 0 Å². The van der Waals surface area contributed by atoms with Crippen LogP contribution < -0.4 is 5.32 Å². The summed E-state index contributed by atoms with van der Waals surface area (Å²) >= 11 is 0. The zero-order chi connectivity index (χ0) is 13.9. The number of nitrogens with one attached hydrogen (secondary N) is 1. The van der Waals surface area contributed by atoms with Crippen molar-refractivity contribution >= 4 is 0 Å². The zero-order valence-corrected chi connectivity index (χ0v) is 12.8. The molecule has 1 aliphatic rings. The number of methoxy groups -OCH3 is 1. The lowest BCUT2D eigenvalue weighted by Gasteiger charge is -2.40. The Hall–Kier alpha value is -0.860. The van der Waals surface area contributed by atoms with Crippen LogP contribution in [0.25, 0.3) is 0 Å². The fourth-order valence-electron chi connectivity index (χ4n) is 2.58. The van der Waals surface area contributed by atoms with Crippen molar-refractivity contribution in [3.05, 3.63) is 35.4 Å². The molecule has 1 saturated carbocycles. The first-order valence-corrected chi connectivity index (χ1v) is 7.31. The first kappa shape index (κ1) is 14.5. The van der Waals surface area contributed by atoms with Crippen LogP contribution in [0.1, 0.15) is 51.2 Å². The Bertz CT molecular complexity index is 393. The minimum atomic E-state index is 0.116. The molecule has 1 N–H and O–H groups in total. The number of hydrogen-bond donors (Lipinski definition) is 1. The van der Waals surface area contributed by atoms with Crippen LogP contribution in [0.4, 0.5) is 0 Å². The molecule has 1 fully saturated rings. The van der Waals surface area contributed by atoms with Gasteiger partial charge in [-0.05, 0) is 35.8 Å². The highest BCUT2D eigenvalue weighted by Gasteiger charge is 2.36. The zero-order valence-electron chi connectivity index (χ0n) is 12.8. The molecule has 0 heterocycles. The van der Waals surface area contributed by atoms with E-state index in [0.29, 0.717) is 0 Å². The van der Waals surface area contributed by atoms with Gasteiger partial charge in [-0.3, -0.25) is 0 Å². The quantitative estimate of drug-likeness (QED) is 0.873. The Balaban J connectivity index is 1.83. The summed E-state index contributed by atoms with van der Waals surface area (Å²) in [5.41, 5.74) is 3.09. The predicted molar refractivity (Wildman–Crippen MR) is 80.4 cm³/mol. The van der Waals surface area contributed by atoms with E-state index in [4.69, 9.17) is 4.74 Å². The summed E-state index contributed by atoms with van der Waals surface area (Å²) < 4.78 is 5.61. The second-order valence-electron chi connectivity index (χ2n) is 6.79. The smallest absolute Gasteiger partial charge is 0.0802 e. The van der Waals surface area contributed by atoms with E-state index >= 15 is 0 Å². The molecule has 2 heteroatoms. The maximum absolute atomic E-state index is 5.61. The van der Waals surface area contributed by atoms with Crippen LogP contribution in [0.5, 0.6) is 0 Å². The van der Waals surface area contributed by atoms with Crippen LogP contribution in [0.2, 0.25) is 0 Å². The van der Waals surface area contributed by atoms with Gasteiger partial charge in [-0.1, -0.05) is 45.0 Å². The fourth-order valence-corrected chi connectivity index (χ4v) is 2.58. The highest BCUT2D eigenvalue weighted by atomic mass is 16.5.